The first-order valence-corrected chi connectivity index (χ1v) is 7.62. The lowest BCUT2D eigenvalue weighted by atomic mass is 10.2. The van der Waals surface area contributed by atoms with Gasteiger partial charge in [0.2, 0.25) is 0 Å². The molecule has 0 saturated heterocycles. The van der Waals surface area contributed by atoms with Gasteiger partial charge in [0.05, 0.1) is 4.92 Å². The standard InChI is InChI=1S/C14H15N3O3S/c18-17(19)12-4-1-10(8-16-11-2-3-11)7-13(12)20-9-14-15-5-6-21-14/h1,4-7,11,16H,2-3,8-9H2. The van der Waals surface area contributed by atoms with Crippen LogP contribution in [-0.2, 0) is 13.2 Å². The quantitative estimate of drug-likeness (QED) is 0.628. The molecule has 0 aliphatic heterocycles. The van der Waals surface area contributed by atoms with Crippen LogP contribution in [0.25, 0.3) is 0 Å². The summed E-state index contributed by atoms with van der Waals surface area (Å²) in [5.74, 6) is 0.297. The minimum absolute atomic E-state index is 0.0123. The van der Waals surface area contributed by atoms with E-state index in [2.05, 4.69) is 10.3 Å². The van der Waals surface area contributed by atoms with Crippen LogP contribution in [0.3, 0.4) is 0 Å². The maximum Gasteiger partial charge on any atom is 0.310 e. The molecular formula is C14H15N3O3S. The van der Waals surface area contributed by atoms with E-state index in [9.17, 15) is 10.1 Å². The minimum atomic E-state index is -0.421. The van der Waals surface area contributed by atoms with Gasteiger partial charge in [0.25, 0.3) is 0 Å². The zero-order chi connectivity index (χ0) is 14.7. The summed E-state index contributed by atoms with van der Waals surface area (Å²) in [4.78, 5) is 14.8. The number of nitro groups is 1. The Balaban J connectivity index is 1.72. The van der Waals surface area contributed by atoms with Crippen molar-refractivity contribution in [3.05, 3.63) is 50.5 Å². The lowest BCUT2D eigenvalue weighted by molar-refractivity contribution is -0.386. The number of ether oxygens (including phenoxy) is 1. The van der Waals surface area contributed by atoms with Crippen molar-refractivity contribution in [3.63, 3.8) is 0 Å². The summed E-state index contributed by atoms with van der Waals surface area (Å²) in [5, 5.41) is 17.1. The van der Waals surface area contributed by atoms with Gasteiger partial charge < -0.3 is 10.1 Å². The van der Waals surface area contributed by atoms with Gasteiger partial charge in [-0.05, 0) is 24.5 Å². The van der Waals surface area contributed by atoms with Gasteiger partial charge in [0, 0.05) is 30.2 Å². The molecule has 0 atom stereocenters. The Morgan fingerprint density at radius 2 is 2.33 bits per heavy atom. The number of benzene rings is 1. The lowest BCUT2D eigenvalue weighted by Gasteiger charge is -2.08. The van der Waals surface area contributed by atoms with E-state index in [-0.39, 0.29) is 12.3 Å². The van der Waals surface area contributed by atoms with Gasteiger partial charge in [-0.15, -0.1) is 11.3 Å². The SMILES string of the molecule is O=[N+]([O-])c1ccc(CNC2CC2)cc1OCc1nccs1. The second-order valence-electron chi connectivity index (χ2n) is 4.93. The molecule has 1 fully saturated rings. The third kappa shape index (κ3) is 3.77. The summed E-state index contributed by atoms with van der Waals surface area (Å²) < 4.78 is 5.58. The summed E-state index contributed by atoms with van der Waals surface area (Å²) in [7, 11) is 0. The molecule has 0 spiro atoms. The van der Waals surface area contributed by atoms with Crippen LogP contribution in [0, 0.1) is 10.1 Å². The average molecular weight is 305 g/mol. The number of nitro benzene ring substituents is 1. The van der Waals surface area contributed by atoms with E-state index in [1.807, 2.05) is 5.38 Å². The summed E-state index contributed by atoms with van der Waals surface area (Å²) in [6.07, 6.45) is 4.11. The van der Waals surface area contributed by atoms with Gasteiger partial charge >= 0.3 is 5.69 Å². The molecule has 3 rings (SSSR count). The second-order valence-corrected chi connectivity index (χ2v) is 5.91. The lowest BCUT2D eigenvalue weighted by Crippen LogP contribution is -2.15. The summed E-state index contributed by atoms with van der Waals surface area (Å²) in [5.41, 5.74) is 0.975. The molecule has 0 bridgehead atoms. The Labute approximate surface area is 125 Å². The first kappa shape index (κ1) is 14.0. The Morgan fingerprint density at radius 1 is 1.48 bits per heavy atom. The van der Waals surface area contributed by atoms with E-state index in [0.717, 1.165) is 10.6 Å². The number of nitrogens with zero attached hydrogens (tertiary/aromatic N) is 2. The number of hydrogen-bond acceptors (Lipinski definition) is 6. The highest BCUT2D eigenvalue weighted by atomic mass is 32.1. The van der Waals surface area contributed by atoms with Gasteiger partial charge in [-0.3, -0.25) is 10.1 Å². The van der Waals surface area contributed by atoms with Crippen molar-refractivity contribution in [1.82, 2.24) is 10.3 Å². The zero-order valence-corrected chi connectivity index (χ0v) is 12.1. The topological polar surface area (TPSA) is 77.3 Å². The molecule has 2 aromatic rings. The predicted octanol–water partition coefficient (Wildman–Crippen LogP) is 2.88. The van der Waals surface area contributed by atoms with E-state index < -0.39 is 4.92 Å². The maximum atomic E-state index is 11.1. The fourth-order valence-corrected chi connectivity index (χ4v) is 2.48. The molecule has 7 heteroatoms. The number of nitrogens with one attached hydrogen (secondary N) is 1. The van der Waals surface area contributed by atoms with Crippen molar-refractivity contribution in [1.29, 1.82) is 0 Å². The highest BCUT2D eigenvalue weighted by molar-refractivity contribution is 7.09. The molecule has 0 unspecified atom stereocenters. The van der Waals surface area contributed by atoms with Crippen molar-refractivity contribution >= 4 is 17.0 Å². The van der Waals surface area contributed by atoms with Crippen LogP contribution in [0.2, 0.25) is 0 Å². The minimum Gasteiger partial charge on any atom is -0.479 e. The second kappa shape index (κ2) is 6.19. The van der Waals surface area contributed by atoms with Gasteiger partial charge in [0.1, 0.15) is 11.6 Å². The maximum absolute atomic E-state index is 11.1. The van der Waals surface area contributed by atoms with E-state index in [1.165, 1.54) is 30.2 Å². The highest BCUT2D eigenvalue weighted by Gasteiger charge is 2.21. The number of aromatic nitrogens is 1. The van der Waals surface area contributed by atoms with Crippen molar-refractivity contribution < 1.29 is 9.66 Å². The average Bonchev–Trinajstić information content (AvgIpc) is 3.16. The van der Waals surface area contributed by atoms with Crippen molar-refractivity contribution in [2.45, 2.75) is 32.0 Å². The molecule has 6 nitrogen and oxygen atoms in total. The Bertz CT molecular complexity index is 626. The molecule has 1 heterocycles. The number of rotatable bonds is 7. The molecule has 0 amide bonds. The first-order valence-electron chi connectivity index (χ1n) is 6.74. The third-order valence-corrected chi connectivity index (χ3v) is 3.98. The smallest absolute Gasteiger partial charge is 0.310 e. The summed E-state index contributed by atoms with van der Waals surface area (Å²) in [6.45, 7) is 0.953. The van der Waals surface area contributed by atoms with E-state index in [0.29, 0.717) is 18.3 Å². The molecule has 1 aliphatic rings. The van der Waals surface area contributed by atoms with Crippen LogP contribution in [0.15, 0.2) is 29.8 Å². The van der Waals surface area contributed by atoms with Crippen molar-refractivity contribution in [2.24, 2.45) is 0 Å². The van der Waals surface area contributed by atoms with Gasteiger partial charge in [-0.25, -0.2) is 4.98 Å². The molecule has 1 N–H and O–H groups in total. The molecule has 1 aromatic heterocycles. The van der Waals surface area contributed by atoms with E-state index in [4.69, 9.17) is 4.74 Å². The molecule has 110 valence electrons. The van der Waals surface area contributed by atoms with Gasteiger partial charge in [0.15, 0.2) is 5.75 Å². The molecule has 1 saturated carbocycles. The molecule has 0 radical (unpaired) electrons. The van der Waals surface area contributed by atoms with Crippen molar-refractivity contribution in [3.8, 4) is 5.75 Å². The Kier molecular flexibility index (Phi) is 4.12. The van der Waals surface area contributed by atoms with Crippen LogP contribution in [0.1, 0.15) is 23.4 Å². The van der Waals surface area contributed by atoms with Crippen LogP contribution in [0.5, 0.6) is 5.75 Å². The third-order valence-electron chi connectivity index (χ3n) is 3.23. The van der Waals surface area contributed by atoms with Crippen LogP contribution in [0.4, 0.5) is 5.69 Å². The monoisotopic (exact) mass is 305 g/mol. The summed E-state index contributed by atoms with van der Waals surface area (Å²) >= 11 is 1.46. The zero-order valence-electron chi connectivity index (χ0n) is 11.3. The first-order chi connectivity index (χ1) is 10.2. The van der Waals surface area contributed by atoms with Crippen LogP contribution >= 0.6 is 11.3 Å². The van der Waals surface area contributed by atoms with Crippen LogP contribution < -0.4 is 10.1 Å². The Morgan fingerprint density at radius 3 is 3.00 bits per heavy atom. The highest BCUT2D eigenvalue weighted by Crippen LogP contribution is 2.29. The van der Waals surface area contributed by atoms with Crippen LogP contribution in [-0.4, -0.2) is 15.9 Å². The van der Waals surface area contributed by atoms with E-state index in [1.54, 1.807) is 18.3 Å². The van der Waals surface area contributed by atoms with E-state index >= 15 is 0 Å². The molecule has 21 heavy (non-hydrogen) atoms. The Hall–Kier alpha value is -1.99. The number of hydrogen-bond donors (Lipinski definition) is 1. The molecular weight excluding hydrogens is 290 g/mol. The van der Waals surface area contributed by atoms with Gasteiger partial charge in [-0.2, -0.15) is 0 Å². The van der Waals surface area contributed by atoms with Crippen molar-refractivity contribution in [2.75, 3.05) is 0 Å². The summed E-state index contributed by atoms with van der Waals surface area (Å²) in [6, 6.07) is 5.60. The fourth-order valence-electron chi connectivity index (χ4n) is 1.95. The van der Waals surface area contributed by atoms with Gasteiger partial charge in [-0.1, -0.05) is 6.07 Å². The predicted molar refractivity (Wildman–Crippen MR) is 79.4 cm³/mol. The number of thiazole rings is 1. The molecule has 1 aliphatic carbocycles. The fraction of sp³-hybridized carbons (Fsp3) is 0.357. The largest absolute Gasteiger partial charge is 0.479 e. The molecule has 1 aromatic carbocycles. The normalized spacial score (nSPS) is 14.1.